The molecule has 4 rings (SSSR count). The Morgan fingerprint density at radius 1 is 1.20 bits per heavy atom. The number of carbonyl (C=O) groups excluding carboxylic acids is 1. The monoisotopic (exact) mass is 521 g/mol. The molecular weight excluding hydrogens is 502 g/mol. The van der Waals surface area contributed by atoms with Gasteiger partial charge in [0, 0.05) is 26.7 Å². The molecule has 3 nitrogen and oxygen atoms in total. The van der Waals surface area contributed by atoms with Gasteiger partial charge in [-0.15, -0.1) is 0 Å². The maximum atomic E-state index is 13.1. The lowest BCUT2D eigenvalue weighted by Crippen LogP contribution is -2.39. The quantitative estimate of drug-likeness (QED) is 0.306. The molecule has 30 heavy (non-hydrogen) atoms. The number of ether oxygens (including phenoxy) is 1. The third-order valence-electron chi connectivity index (χ3n) is 5.36. The highest BCUT2D eigenvalue weighted by Crippen LogP contribution is 2.38. The minimum absolute atomic E-state index is 0.00827. The van der Waals surface area contributed by atoms with Crippen LogP contribution in [0.5, 0.6) is 5.75 Å². The van der Waals surface area contributed by atoms with E-state index < -0.39 is 0 Å². The number of carbonyl (C=O) groups is 1. The molecule has 1 amide bonds. The fourth-order valence-corrected chi connectivity index (χ4v) is 5.77. The van der Waals surface area contributed by atoms with Gasteiger partial charge >= 0.3 is 0 Å². The van der Waals surface area contributed by atoms with E-state index in [-0.39, 0.29) is 11.9 Å². The highest BCUT2D eigenvalue weighted by molar-refractivity contribution is 9.10. The van der Waals surface area contributed by atoms with Crippen LogP contribution in [-0.4, -0.2) is 21.2 Å². The van der Waals surface area contributed by atoms with Gasteiger partial charge in [0.2, 0.25) is 0 Å². The summed E-state index contributed by atoms with van der Waals surface area (Å²) < 4.78 is 7.63. The van der Waals surface area contributed by atoms with Crippen molar-refractivity contribution in [1.29, 1.82) is 0 Å². The first-order valence-corrected chi connectivity index (χ1v) is 12.4. The molecule has 2 aromatic rings. The van der Waals surface area contributed by atoms with Crippen LogP contribution in [0.2, 0.25) is 5.02 Å². The lowest BCUT2D eigenvalue weighted by Gasteiger charge is -2.29. The summed E-state index contributed by atoms with van der Waals surface area (Å²) in [7, 11) is 0. The van der Waals surface area contributed by atoms with Gasteiger partial charge in [-0.2, -0.15) is 0 Å². The number of thioether (sulfide) groups is 1. The van der Waals surface area contributed by atoms with Crippen molar-refractivity contribution in [3.63, 3.8) is 0 Å². The first-order chi connectivity index (χ1) is 14.5. The van der Waals surface area contributed by atoms with Gasteiger partial charge < -0.3 is 4.74 Å². The molecule has 1 aliphatic carbocycles. The summed E-state index contributed by atoms with van der Waals surface area (Å²) in [5.74, 6) is 0.704. The van der Waals surface area contributed by atoms with Crippen LogP contribution in [0, 0.1) is 0 Å². The minimum Gasteiger partial charge on any atom is -0.488 e. The Labute approximate surface area is 199 Å². The van der Waals surface area contributed by atoms with Gasteiger partial charge in [0.05, 0.1) is 4.91 Å². The molecule has 1 saturated heterocycles. The number of amides is 1. The van der Waals surface area contributed by atoms with Crippen molar-refractivity contribution in [2.45, 2.75) is 44.8 Å². The lowest BCUT2D eigenvalue weighted by molar-refractivity contribution is -0.124. The van der Waals surface area contributed by atoms with Crippen LogP contribution in [0.4, 0.5) is 0 Å². The van der Waals surface area contributed by atoms with E-state index in [1.54, 1.807) is 0 Å². The highest BCUT2D eigenvalue weighted by Gasteiger charge is 2.37. The van der Waals surface area contributed by atoms with E-state index in [2.05, 4.69) is 15.9 Å². The number of hydrogen-bond acceptors (Lipinski definition) is 4. The van der Waals surface area contributed by atoms with Gasteiger partial charge in [-0.1, -0.05) is 89.0 Å². The molecule has 0 spiro atoms. The van der Waals surface area contributed by atoms with Crippen molar-refractivity contribution in [3.05, 3.63) is 68.0 Å². The van der Waals surface area contributed by atoms with E-state index in [1.807, 2.05) is 53.4 Å². The van der Waals surface area contributed by atoms with E-state index >= 15 is 0 Å². The predicted molar refractivity (Wildman–Crippen MR) is 132 cm³/mol. The average molecular weight is 523 g/mol. The van der Waals surface area contributed by atoms with E-state index in [0.29, 0.717) is 26.6 Å². The molecule has 0 bridgehead atoms. The topological polar surface area (TPSA) is 29.5 Å². The third kappa shape index (κ3) is 4.93. The van der Waals surface area contributed by atoms with Crippen molar-refractivity contribution < 1.29 is 9.53 Å². The van der Waals surface area contributed by atoms with Gasteiger partial charge in [0.1, 0.15) is 16.7 Å². The third-order valence-corrected chi connectivity index (χ3v) is 7.56. The summed E-state index contributed by atoms with van der Waals surface area (Å²) in [4.78, 5) is 15.6. The Kier molecular flexibility index (Phi) is 7.19. The second-order valence-electron chi connectivity index (χ2n) is 7.41. The largest absolute Gasteiger partial charge is 0.488 e. The zero-order valence-corrected chi connectivity index (χ0v) is 20.2. The molecule has 1 aliphatic heterocycles. The Bertz CT molecular complexity index is 1000. The predicted octanol–water partition coefficient (Wildman–Crippen LogP) is 7.22. The Balaban J connectivity index is 1.57. The van der Waals surface area contributed by atoms with Gasteiger partial charge in [-0.3, -0.25) is 9.69 Å². The average Bonchev–Trinajstić information content (AvgIpc) is 3.02. The fourth-order valence-electron chi connectivity index (χ4n) is 3.81. The Hall–Kier alpha value is -1.34. The van der Waals surface area contributed by atoms with Gasteiger partial charge in [-0.05, 0) is 43.2 Å². The van der Waals surface area contributed by atoms with E-state index in [1.165, 1.54) is 18.2 Å². The van der Waals surface area contributed by atoms with Crippen molar-refractivity contribution in [2.24, 2.45) is 0 Å². The second-order valence-corrected chi connectivity index (χ2v) is 10.4. The van der Waals surface area contributed by atoms with Crippen molar-refractivity contribution in [2.75, 3.05) is 0 Å². The molecule has 0 unspecified atom stereocenters. The summed E-state index contributed by atoms with van der Waals surface area (Å²) in [6.07, 6.45) is 7.50. The number of thiocarbonyl (C=S) groups is 1. The Morgan fingerprint density at radius 2 is 1.97 bits per heavy atom. The SMILES string of the molecule is O=C1/C(=C/c2cc(Br)ccc2OCc2ccccc2Cl)SC(=S)N1C1CCCCC1. The fraction of sp³-hybridized carbons (Fsp3) is 0.304. The smallest absolute Gasteiger partial charge is 0.266 e. The molecule has 2 fully saturated rings. The van der Waals surface area contributed by atoms with E-state index in [9.17, 15) is 4.79 Å². The molecule has 7 heteroatoms. The van der Waals surface area contributed by atoms with E-state index in [4.69, 9.17) is 28.6 Å². The summed E-state index contributed by atoms with van der Waals surface area (Å²) in [6, 6.07) is 13.6. The molecule has 0 radical (unpaired) electrons. The van der Waals surface area contributed by atoms with Crippen LogP contribution in [0.15, 0.2) is 51.8 Å². The first-order valence-electron chi connectivity index (χ1n) is 9.96. The van der Waals surface area contributed by atoms with Crippen LogP contribution < -0.4 is 4.74 Å². The second kappa shape index (κ2) is 9.86. The number of hydrogen-bond donors (Lipinski definition) is 0. The van der Waals surface area contributed by atoms with Crippen LogP contribution in [0.25, 0.3) is 6.08 Å². The minimum atomic E-state index is 0.00827. The highest BCUT2D eigenvalue weighted by atomic mass is 79.9. The normalized spacial score (nSPS) is 19.0. The van der Waals surface area contributed by atoms with Crippen molar-refractivity contribution >= 4 is 67.8 Å². The van der Waals surface area contributed by atoms with Crippen molar-refractivity contribution in [3.8, 4) is 5.75 Å². The maximum absolute atomic E-state index is 13.1. The number of benzene rings is 2. The van der Waals surface area contributed by atoms with Crippen LogP contribution in [0.3, 0.4) is 0 Å². The summed E-state index contributed by atoms with van der Waals surface area (Å²) >= 11 is 16.7. The first kappa shape index (κ1) is 21.9. The Morgan fingerprint density at radius 3 is 2.73 bits per heavy atom. The van der Waals surface area contributed by atoms with Crippen molar-refractivity contribution in [1.82, 2.24) is 4.90 Å². The zero-order valence-electron chi connectivity index (χ0n) is 16.3. The number of halogens is 2. The molecule has 2 aromatic carbocycles. The lowest BCUT2D eigenvalue weighted by atomic mass is 9.94. The molecular formula is C23H21BrClNO2S2. The van der Waals surface area contributed by atoms with Crippen LogP contribution in [-0.2, 0) is 11.4 Å². The van der Waals surface area contributed by atoms with Crippen LogP contribution in [0.1, 0.15) is 43.2 Å². The molecule has 0 atom stereocenters. The molecule has 1 saturated carbocycles. The van der Waals surface area contributed by atoms with E-state index in [0.717, 1.165) is 41.3 Å². The van der Waals surface area contributed by atoms with Gasteiger partial charge in [0.15, 0.2) is 0 Å². The molecule has 0 aromatic heterocycles. The zero-order chi connectivity index (χ0) is 21.1. The van der Waals surface area contributed by atoms with Gasteiger partial charge in [0.25, 0.3) is 5.91 Å². The molecule has 156 valence electrons. The molecule has 1 heterocycles. The standard InChI is InChI=1S/C23H21BrClNO2S2/c24-17-10-11-20(28-14-15-6-4-5-9-19(15)25)16(12-17)13-21-22(27)26(23(29)30-21)18-7-2-1-3-8-18/h4-6,9-13,18H,1-3,7-8,14H2/b21-13-. The van der Waals surface area contributed by atoms with Gasteiger partial charge in [-0.25, -0.2) is 0 Å². The maximum Gasteiger partial charge on any atom is 0.266 e. The van der Waals surface area contributed by atoms with Crippen LogP contribution >= 0.6 is 51.5 Å². The summed E-state index contributed by atoms with van der Waals surface area (Å²) in [6.45, 7) is 0.352. The number of rotatable bonds is 5. The number of nitrogens with zero attached hydrogens (tertiary/aromatic N) is 1. The summed E-state index contributed by atoms with van der Waals surface area (Å²) in [5, 5.41) is 0.671. The molecule has 2 aliphatic rings. The molecule has 0 N–H and O–H groups in total. The summed E-state index contributed by atoms with van der Waals surface area (Å²) in [5.41, 5.74) is 1.75.